The van der Waals surface area contributed by atoms with E-state index in [1.807, 2.05) is 42.5 Å². The molecule has 4 aromatic heterocycles. The van der Waals surface area contributed by atoms with E-state index in [-0.39, 0.29) is 0 Å². The molecule has 0 unspecified atom stereocenters. The third-order valence-electron chi connectivity index (χ3n) is 12.3. The van der Waals surface area contributed by atoms with Crippen LogP contribution in [0.25, 0.3) is 128 Å². The summed E-state index contributed by atoms with van der Waals surface area (Å²) in [7, 11) is 0. The minimum absolute atomic E-state index is 0.517. The zero-order valence-corrected chi connectivity index (χ0v) is 33.7. The second-order valence-electron chi connectivity index (χ2n) is 15.9. The van der Waals surface area contributed by atoms with Crippen LogP contribution in [0.5, 0.6) is 0 Å². The van der Waals surface area contributed by atoms with Gasteiger partial charge < -0.3 is 13.4 Å². The molecule has 0 saturated carbocycles. The molecule has 0 amide bonds. The van der Waals surface area contributed by atoms with Gasteiger partial charge >= 0.3 is 0 Å². The Morgan fingerprint density at radius 1 is 0.302 bits per heavy atom. The van der Waals surface area contributed by atoms with Gasteiger partial charge in [0.2, 0.25) is 0 Å². The maximum atomic E-state index is 6.92. The Labute approximate surface area is 361 Å². The van der Waals surface area contributed by atoms with Crippen LogP contribution >= 0.6 is 0 Å². The molecule has 13 aromatic rings. The van der Waals surface area contributed by atoms with Gasteiger partial charge in [0.15, 0.2) is 17.5 Å². The summed E-state index contributed by atoms with van der Waals surface area (Å²) in [6.07, 6.45) is 0. The third-order valence-corrected chi connectivity index (χ3v) is 12.3. The number of rotatable bonds is 6. The summed E-state index contributed by atoms with van der Waals surface area (Å²) in [5, 5.41) is 6.42. The predicted octanol–water partition coefficient (Wildman–Crippen LogP) is 15.1. The van der Waals surface area contributed by atoms with Crippen molar-refractivity contribution in [2.24, 2.45) is 0 Å². The lowest BCUT2D eigenvalue weighted by molar-refractivity contribution is 0.668. The zero-order chi connectivity index (χ0) is 41.4. The molecule has 0 spiro atoms. The molecule has 294 valence electrons. The molecule has 6 nitrogen and oxygen atoms in total. The SMILES string of the molecule is c1ccc(-c2ccc(-c3nc(-c4cccc5c4oc4cccc(-c6ccccc6-n6c7ccccc7c7ccccc76)c45)nc(-c4cccc5oc6ccccc6c45)n3)cc2)cc1. The van der Waals surface area contributed by atoms with E-state index in [4.69, 9.17) is 23.8 Å². The number of benzene rings is 9. The highest BCUT2D eigenvalue weighted by atomic mass is 16.3. The van der Waals surface area contributed by atoms with E-state index in [1.54, 1.807) is 0 Å². The van der Waals surface area contributed by atoms with Crippen LogP contribution in [0.1, 0.15) is 0 Å². The van der Waals surface area contributed by atoms with Gasteiger partial charge in [-0.3, -0.25) is 0 Å². The van der Waals surface area contributed by atoms with E-state index in [0.29, 0.717) is 23.1 Å². The summed E-state index contributed by atoms with van der Waals surface area (Å²) in [6.45, 7) is 0. The fourth-order valence-electron chi connectivity index (χ4n) is 9.48. The second kappa shape index (κ2) is 14.0. The molecular weight excluding hydrogens is 773 g/mol. The summed E-state index contributed by atoms with van der Waals surface area (Å²) in [6, 6.07) is 71.5. The van der Waals surface area contributed by atoms with Crippen LogP contribution in [0.2, 0.25) is 0 Å². The molecule has 0 bridgehead atoms. The molecule has 0 atom stereocenters. The lowest BCUT2D eigenvalue weighted by atomic mass is 9.97. The first-order chi connectivity index (χ1) is 31.2. The van der Waals surface area contributed by atoms with Crippen molar-refractivity contribution < 1.29 is 8.83 Å². The molecule has 4 heterocycles. The Hall–Kier alpha value is -8.61. The smallest absolute Gasteiger partial charge is 0.167 e. The molecule has 6 heteroatoms. The van der Waals surface area contributed by atoms with Crippen molar-refractivity contribution in [2.75, 3.05) is 0 Å². The summed E-state index contributed by atoms with van der Waals surface area (Å²) < 4.78 is 15.6. The predicted molar refractivity (Wildman–Crippen MR) is 256 cm³/mol. The number of nitrogens with zero attached hydrogens (tertiary/aromatic N) is 4. The monoisotopic (exact) mass is 806 g/mol. The summed E-state index contributed by atoms with van der Waals surface area (Å²) in [4.78, 5) is 15.7. The fraction of sp³-hybridized carbons (Fsp3) is 0. The topological polar surface area (TPSA) is 69.9 Å². The van der Waals surface area contributed by atoms with Crippen LogP contribution in [0, 0.1) is 0 Å². The van der Waals surface area contributed by atoms with E-state index in [1.165, 1.54) is 10.8 Å². The number of hydrogen-bond acceptors (Lipinski definition) is 5. The molecule has 13 rings (SSSR count). The molecule has 0 N–H and O–H groups in total. The zero-order valence-electron chi connectivity index (χ0n) is 33.7. The van der Waals surface area contributed by atoms with Gasteiger partial charge in [-0.2, -0.15) is 0 Å². The van der Waals surface area contributed by atoms with Crippen molar-refractivity contribution >= 4 is 65.7 Å². The maximum absolute atomic E-state index is 6.92. The van der Waals surface area contributed by atoms with E-state index in [9.17, 15) is 0 Å². The average molecular weight is 807 g/mol. The molecule has 0 radical (unpaired) electrons. The molecule has 0 saturated heterocycles. The highest BCUT2D eigenvalue weighted by Crippen LogP contribution is 2.44. The van der Waals surface area contributed by atoms with Gasteiger partial charge in [0, 0.05) is 49.0 Å². The number of fused-ring (bicyclic) bond motifs is 9. The van der Waals surface area contributed by atoms with Crippen LogP contribution in [-0.4, -0.2) is 19.5 Å². The molecular formula is C57H34N4O2. The van der Waals surface area contributed by atoms with Crippen molar-refractivity contribution in [1.82, 2.24) is 19.5 Å². The van der Waals surface area contributed by atoms with Gasteiger partial charge in [-0.25, -0.2) is 15.0 Å². The van der Waals surface area contributed by atoms with Crippen LogP contribution in [0.3, 0.4) is 0 Å². The van der Waals surface area contributed by atoms with Gasteiger partial charge in [0.1, 0.15) is 22.3 Å². The Bertz CT molecular complexity index is 3860. The van der Waals surface area contributed by atoms with Crippen molar-refractivity contribution in [2.45, 2.75) is 0 Å². The third kappa shape index (κ3) is 5.55. The van der Waals surface area contributed by atoms with Gasteiger partial charge in [-0.1, -0.05) is 164 Å². The van der Waals surface area contributed by atoms with E-state index in [0.717, 1.165) is 94.0 Å². The van der Waals surface area contributed by atoms with Crippen molar-refractivity contribution in [3.05, 3.63) is 206 Å². The van der Waals surface area contributed by atoms with Gasteiger partial charge in [0.25, 0.3) is 0 Å². The van der Waals surface area contributed by atoms with Gasteiger partial charge in [0.05, 0.1) is 22.3 Å². The first-order valence-electron chi connectivity index (χ1n) is 21.1. The number of para-hydroxylation sites is 5. The van der Waals surface area contributed by atoms with Gasteiger partial charge in [-0.05, 0) is 59.2 Å². The highest BCUT2D eigenvalue weighted by Gasteiger charge is 2.23. The maximum Gasteiger partial charge on any atom is 0.167 e. The minimum atomic E-state index is 0.517. The number of hydrogen-bond donors (Lipinski definition) is 0. The number of furan rings is 2. The van der Waals surface area contributed by atoms with Crippen molar-refractivity contribution in [3.8, 4) is 62.1 Å². The number of aromatic nitrogens is 4. The minimum Gasteiger partial charge on any atom is -0.456 e. The van der Waals surface area contributed by atoms with E-state index >= 15 is 0 Å². The van der Waals surface area contributed by atoms with Gasteiger partial charge in [-0.15, -0.1) is 0 Å². The van der Waals surface area contributed by atoms with Crippen molar-refractivity contribution in [1.29, 1.82) is 0 Å². The van der Waals surface area contributed by atoms with Crippen LogP contribution in [0.15, 0.2) is 215 Å². The van der Waals surface area contributed by atoms with E-state index in [2.05, 4.69) is 168 Å². The highest BCUT2D eigenvalue weighted by molar-refractivity contribution is 6.17. The second-order valence-corrected chi connectivity index (χ2v) is 15.9. The quantitative estimate of drug-likeness (QED) is 0.167. The van der Waals surface area contributed by atoms with Crippen LogP contribution < -0.4 is 0 Å². The summed E-state index contributed by atoms with van der Waals surface area (Å²) >= 11 is 0. The standard InChI is InChI=1S/C57H34N4O2/c1-2-15-35(16-3-1)36-31-33-37(34-32-36)55-58-56(44-23-14-29-50-53(44)42-20-7-11-28-49(42)62-50)60-57(59-55)45-24-12-22-43-52-41(21-13-30-51(52)63-54(43)45)40-19-6-10-27-48(40)61-46-25-8-4-17-38(46)39-18-5-9-26-47(39)61/h1-34H. The van der Waals surface area contributed by atoms with Crippen LogP contribution in [-0.2, 0) is 0 Å². The Kier molecular flexibility index (Phi) is 7.80. The fourth-order valence-corrected chi connectivity index (χ4v) is 9.48. The lowest BCUT2D eigenvalue weighted by Gasteiger charge is -2.14. The Balaban J connectivity index is 1.03. The lowest BCUT2D eigenvalue weighted by Crippen LogP contribution is -2.00. The molecule has 0 aliphatic heterocycles. The summed E-state index contributed by atoms with van der Waals surface area (Å²) in [5.41, 5.74) is 13.5. The van der Waals surface area contributed by atoms with Crippen molar-refractivity contribution in [3.63, 3.8) is 0 Å². The molecule has 0 fully saturated rings. The average Bonchev–Trinajstić information content (AvgIpc) is 4.04. The first-order valence-corrected chi connectivity index (χ1v) is 21.1. The first kappa shape index (κ1) is 35.2. The van der Waals surface area contributed by atoms with Crippen LogP contribution in [0.4, 0.5) is 0 Å². The molecule has 0 aliphatic carbocycles. The Morgan fingerprint density at radius 3 is 1.57 bits per heavy atom. The molecule has 0 aliphatic rings. The largest absolute Gasteiger partial charge is 0.456 e. The Morgan fingerprint density at radius 2 is 0.794 bits per heavy atom. The van der Waals surface area contributed by atoms with E-state index < -0.39 is 0 Å². The normalized spacial score (nSPS) is 11.8. The molecule has 63 heavy (non-hydrogen) atoms. The molecule has 9 aromatic carbocycles. The summed E-state index contributed by atoms with van der Waals surface area (Å²) in [5.74, 6) is 1.63.